The van der Waals surface area contributed by atoms with Gasteiger partial charge in [-0.05, 0) is 32.9 Å². The predicted octanol–water partition coefficient (Wildman–Crippen LogP) is 2.73. The van der Waals surface area contributed by atoms with Gasteiger partial charge in [-0.15, -0.1) is 0 Å². The molecule has 0 fully saturated rings. The molecule has 1 aromatic carbocycles. The summed E-state index contributed by atoms with van der Waals surface area (Å²) in [5.74, 6) is 0.996. The summed E-state index contributed by atoms with van der Waals surface area (Å²) in [6, 6.07) is 5.17. The first-order chi connectivity index (χ1) is 11.3. The number of ether oxygens (including phenoxy) is 2. The first-order valence-corrected chi connectivity index (χ1v) is 7.90. The van der Waals surface area contributed by atoms with Gasteiger partial charge in [-0.1, -0.05) is 13.8 Å². The lowest BCUT2D eigenvalue weighted by atomic mass is 10.2. The van der Waals surface area contributed by atoms with Crippen LogP contribution in [-0.4, -0.2) is 34.0 Å². The third-order valence-electron chi connectivity index (χ3n) is 3.02. The lowest BCUT2D eigenvalue weighted by Gasteiger charge is -2.19. The second kappa shape index (κ2) is 8.49. The molecule has 0 atom stereocenters. The molecule has 0 unspecified atom stereocenters. The number of hydrogen-bond acceptors (Lipinski definition) is 5. The van der Waals surface area contributed by atoms with E-state index in [0.29, 0.717) is 22.9 Å². The normalized spacial score (nSPS) is 10.6. The Kier molecular flexibility index (Phi) is 6.97. The van der Waals surface area contributed by atoms with Crippen molar-refractivity contribution in [1.29, 1.82) is 0 Å². The quantitative estimate of drug-likeness (QED) is 0.910. The highest BCUT2D eigenvalue weighted by molar-refractivity contribution is 5.49. The van der Waals surface area contributed by atoms with Crippen LogP contribution in [-0.2, 0) is 0 Å². The lowest BCUT2D eigenvalue weighted by Crippen LogP contribution is -2.28. The minimum Gasteiger partial charge on any atom is -0.493 e. The van der Waals surface area contributed by atoms with Gasteiger partial charge in [0.15, 0.2) is 11.5 Å². The monoisotopic (exact) mass is 334 g/mol. The minimum absolute atomic E-state index is 0.136. The molecule has 0 aliphatic heterocycles. The molecule has 0 radical (unpaired) electrons. The van der Waals surface area contributed by atoms with Crippen molar-refractivity contribution in [2.24, 2.45) is 0 Å². The van der Waals surface area contributed by atoms with Crippen molar-refractivity contribution in [3.63, 3.8) is 0 Å². The average Bonchev–Trinajstić information content (AvgIpc) is 2.56. The Hall–Kier alpha value is -2.34. The molecule has 2 aromatic rings. The minimum atomic E-state index is -0.942. The molecule has 0 bridgehead atoms. The summed E-state index contributed by atoms with van der Waals surface area (Å²) >= 11 is 0. The van der Waals surface area contributed by atoms with Crippen LogP contribution in [0.25, 0.3) is 5.69 Å². The van der Waals surface area contributed by atoms with Crippen molar-refractivity contribution in [2.45, 2.75) is 40.2 Å². The van der Waals surface area contributed by atoms with Gasteiger partial charge in [-0.2, -0.15) is 0 Å². The highest BCUT2D eigenvalue weighted by atomic mass is 16.5. The van der Waals surface area contributed by atoms with Crippen LogP contribution in [0.15, 0.2) is 35.4 Å². The summed E-state index contributed by atoms with van der Waals surface area (Å²) in [7, 11) is 1.52. The van der Waals surface area contributed by atoms with Crippen LogP contribution in [0.4, 0.5) is 0 Å². The standard InChI is InChI=1S/C16H20N2O4.C2H6/c1-11-15(19)18(8-7-17-11)12-5-6-13(14(9-12)21-4)22-10-16(2,3)20;1-2/h5-9,20H,10H2,1-4H3;1-2H3. The van der Waals surface area contributed by atoms with Crippen molar-refractivity contribution in [3.05, 3.63) is 46.6 Å². The first kappa shape index (κ1) is 19.7. The third-order valence-corrected chi connectivity index (χ3v) is 3.02. The molecular formula is C18H26N2O4. The largest absolute Gasteiger partial charge is 0.493 e. The van der Waals surface area contributed by atoms with Crippen LogP contribution >= 0.6 is 0 Å². The van der Waals surface area contributed by atoms with Crippen molar-refractivity contribution in [3.8, 4) is 17.2 Å². The number of benzene rings is 1. The Balaban J connectivity index is 0.00000139. The van der Waals surface area contributed by atoms with Gasteiger partial charge in [0.25, 0.3) is 5.56 Å². The van der Waals surface area contributed by atoms with E-state index in [9.17, 15) is 9.90 Å². The van der Waals surface area contributed by atoms with E-state index in [1.807, 2.05) is 13.8 Å². The van der Waals surface area contributed by atoms with E-state index < -0.39 is 5.60 Å². The lowest BCUT2D eigenvalue weighted by molar-refractivity contribution is 0.0276. The molecule has 132 valence electrons. The molecule has 6 nitrogen and oxygen atoms in total. The van der Waals surface area contributed by atoms with Crippen molar-refractivity contribution in [2.75, 3.05) is 13.7 Å². The zero-order valence-electron chi connectivity index (χ0n) is 15.2. The van der Waals surface area contributed by atoms with Gasteiger partial charge in [0.1, 0.15) is 12.3 Å². The molecule has 1 heterocycles. The number of rotatable bonds is 5. The van der Waals surface area contributed by atoms with Gasteiger partial charge < -0.3 is 14.6 Å². The Bertz CT molecular complexity index is 718. The van der Waals surface area contributed by atoms with Crippen LogP contribution in [0.5, 0.6) is 11.5 Å². The Morgan fingerprint density at radius 3 is 2.50 bits per heavy atom. The molecule has 0 aliphatic carbocycles. The molecule has 24 heavy (non-hydrogen) atoms. The molecule has 6 heteroatoms. The second-order valence-electron chi connectivity index (χ2n) is 5.62. The molecule has 0 saturated carbocycles. The summed E-state index contributed by atoms with van der Waals surface area (Å²) in [5.41, 5.74) is -0.0514. The van der Waals surface area contributed by atoms with Gasteiger partial charge in [-0.3, -0.25) is 14.3 Å². The fourth-order valence-electron chi connectivity index (χ4n) is 1.89. The SMILES string of the molecule is CC.COc1cc(-n2ccnc(C)c2=O)ccc1OCC(C)(C)O. The van der Waals surface area contributed by atoms with E-state index in [1.54, 1.807) is 51.4 Å². The van der Waals surface area contributed by atoms with Crippen LogP contribution in [0, 0.1) is 6.92 Å². The van der Waals surface area contributed by atoms with Crippen LogP contribution < -0.4 is 15.0 Å². The molecular weight excluding hydrogens is 308 g/mol. The highest BCUT2D eigenvalue weighted by Gasteiger charge is 2.16. The molecule has 0 aliphatic rings. The number of nitrogens with zero attached hydrogens (tertiary/aromatic N) is 2. The number of aliphatic hydroxyl groups is 1. The summed E-state index contributed by atoms with van der Waals surface area (Å²) in [6.07, 6.45) is 3.17. The van der Waals surface area contributed by atoms with Crippen LogP contribution in [0.2, 0.25) is 0 Å². The molecule has 1 aromatic heterocycles. The fraction of sp³-hybridized carbons (Fsp3) is 0.444. The number of methoxy groups -OCH3 is 1. The zero-order valence-corrected chi connectivity index (χ0v) is 15.2. The molecule has 1 N–H and O–H groups in total. The summed E-state index contributed by atoms with van der Waals surface area (Å²) in [6.45, 7) is 9.12. The Labute approximate surface area is 142 Å². The van der Waals surface area contributed by atoms with Crippen molar-refractivity contribution >= 4 is 0 Å². The van der Waals surface area contributed by atoms with E-state index >= 15 is 0 Å². The van der Waals surface area contributed by atoms with E-state index in [0.717, 1.165) is 0 Å². The Morgan fingerprint density at radius 1 is 1.25 bits per heavy atom. The number of aryl methyl sites for hydroxylation is 1. The first-order valence-electron chi connectivity index (χ1n) is 7.90. The van der Waals surface area contributed by atoms with E-state index in [1.165, 1.54) is 11.7 Å². The topological polar surface area (TPSA) is 73.6 Å². The van der Waals surface area contributed by atoms with Gasteiger partial charge >= 0.3 is 0 Å². The van der Waals surface area contributed by atoms with Gasteiger partial charge in [-0.25, -0.2) is 0 Å². The van der Waals surface area contributed by atoms with Gasteiger partial charge in [0, 0.05) is 18.5 Å². The third kappa shape index (κ3) is 5.09. The smallest absolute Gasteiger partial charge is 0.276 e. The van der Waals surface area contributed by atoms with Gasteiger partial charge in [0.05, 0.1) is 18.4 Å². The summed E-state index contributed by atoms with van der Waals surface area (Å²) < 4.78 is 12.4. The molecule has 0 amide bonds. The maximum absolute atomic E-state index is 12.1. The number of aromatic nitrogens is 2. The number of hydrogen-bond donors (Lipinski definition) is 1. The average molecular weight is 334 g/mol. The highest BCUT2D eigenvalue weighted by Crippen LogP contribution is 2.29. The van der Waals surface area contributed by atoms with E-state index in [4.69, 9.17) is 9.47 Å². The van der Waals surface area contributed by atoms with Gasteiger partial charge in [0.2, 0.25) is 0 Å². The van der Waals surface area contributed by atoms with E-state index in [-0.39, 0.29) is 12.2 Å². The fourth-order valence-corrected chi connectivity index (χ4v) is 1.89. The maximum atomic E-state index is 12.1. The Morgan fingerprint density at radius 2 is 1.92 bits per heavy atom. The van der Waals surface area contributed by atoms with Crippen molar-refractivity contribution in [1.82, 2.24) is 9.55 Å². The van der Waals surface area contributed by atoms with Crippen molar-refractivity contribution < 1.29 is 14.6 Å². The van der Waals surface area contributed by atoms with Crippen LogP contribution in [0.1, 0.15) is 33.4 Å². The second-order valence-corrected chi connectivity index (χ2v) is 5.62. The summed E-state index contributed by atoms with van der Waals surface area (Å²) in [4.78, 5) is 16.1. The molecule has 2 rings (SSSR count). The maximum Gasteiger partial charge on any atom is 0.276 e. The zero-order chi connectivity index (χ0) is 18.3. The van der Waals surface area contributed by atoms with Crippen LogP contribution in [0.3, 0.4) is 0 Å². The molecule has 0 saturated heterocycles. The van der Waals surface area contributed by atoms with E-state index in [2.05, 4.69) is 4.98 Å². The predicted molar refractivity (Wildman–Crippen MR) is 94.3 cm³/mol. The molecule has 0 spiro atoms. The summed E-state index contributed by atoms with van der Waals surface area (Å²) in [5, 5.41) is 9.72.